The van der Waals surface area contributed by atoms with Crippen LogP contribution in [0.5, 0.6) is 0 Å². The molecular formula is C22H23NO3S2. The van der Waals surface area contributed by atoms with Crippen LogP contribution < -0.4 is 4.72 Å². The Morgan fingerprint density at radius 1 is 0.893 bits per heavy atom. The topological polar surface area (TPSA) is 66.4 Å². The van der Waals surface area contributed by atoms with Crippen LogP contribution in [-0.2, 0) is 10.0 Å². The molecule has 0 spiro atoms. The second-order valence-corrected chi connectivity index (χ2v) is 9.41. The zero-order valence-corrected chi connectivity index (χ0v) is 17.2. The van der Waals surface area contributed by atoms with Crippen LogP contribution in [0.25, 0.3) is 0 Å². The van der Waals surface area contributed by atoms with E-state index in [2.05, 4.69) is 4.72 Å². The molecule has 3 aromatic carbocycles. The van der Waals surface area contributed by atoms with E-state index >= 15 is 0 Å². The molecule has 6 heteroatoms. The van der Waals surface area contributed by atoms with Crippen molar-refractivity contribution in [1.82, 2.24) is 4.72 Å². The van der Waals surface area contributed by atoms with Crippen molar-refractivity contribution in [3.8, 4) is 0 Å². The van der Waals surface area contributed by atoms with Gasteiger partial charge in [-0.25, -0.2) is 13.1 Å². The van der Waals surface area contributed by atoms with Crippen LogP contribution in [0, 0.1) is 6.92 Å². The fourth-order valence-electron chi connectivity index (χ4n) is 2.85. The molecule has 0 aromatic heterocycles. The van der Waals surface area contributed by atoms with Gasteiger partial charge in [-0.3, -0.25) is 0 Å². The van der Waals surface area contributed by atoms with E-state index in [0.29, 0.717) is 0 Å². The first-order valence-electron chi connectivity index (χ1n) is 8.96. The normalized spacial score (nSPS) is 13.8. The van der Waals surface area contributed by atoms with Crippen molar-refractivity contribution in [2.45, 2.75) is 28.0 Å². The maximum absolute atomic E-state index is 12.9. The van der Waals surface area contributed by atoms with E-state index < -0.39 is 16.1 Å². The lowest BCUT2D eigenvalue weighted by atomic mass is 10.1. The summed E-state index contributed by atoms with van der Waals surface area (Å²) in [5.41, 5.74) is 1.93. The molecular weight excluding hydrogens is 390 g/mol. The number of sulfonamides is 1. The third-order valence-corrected chi connectivity index (χ3v) is 7.24. The van der Waals surface area contributed by atoms with Gasteiger partial charge in [-0.2, -0.15) is 0 Å². The Hall–Kier alpha value is -2.12. The average Bonchev–Trinajstić information content (AvgIpc) is 2.72. The van der Waals surface area contributed by atoms with E-state index in [9.17, 15) is 13.5 Å². The van der Waals surface area contributed by atoms with Crippen LogP contribution in [0.4, 0.5) is 0 Å². The first kappa shape index (κ1) is 20.6. The first-order valence-corrected chi connectivity index (χ1v) is 11.3. The van der Waals surface area contributed by atoms with Gasteiger partial charge in [0.15, 0.2) is 0 Å². The Balaban J connectivity index is 1.91. The van der Waals surface area contributed by atoms with E-state index in [0.717, 1.165) is 16.0 Å². The zero-order chi connectivity index (χ0) is 20.0. The SMILES string of the molecule is Cc1ccc(S(=O)(=O)N[C@H](CO)[C@@H](Sc2ccccc2)c2ccccc2)cc1. The van der Waals surface area contributed by atoms with Crippen molar-refractivity contribution in [2.75, 3.05) is 6.61 Å². The summed E-state index contributed by atoms with van der Waals surface area (Å²) in [7, 11) is -3.76. The van der Waals surface area contributed by atoms with Crippen molar-refractivity contribution < 1.29 is 13.5 Å². The molecule has 146 valence electrons. The average molecular weight is 414 g/mol. The fourth-order valence-corrected chi connectivity index (χ4v) is 5.40. The Bertz CT molecular complexity index is 975. The molecule has 0 heterocycles. The third kappa shape index (κ3) is 5.23. The van der Waals surface area contributed by atoms with Crippen LogP contribution in [0.3, 0.4) is 0 Å². The summed E-state index contributed by atoms with van der Waals surface area (Å²) in [5.74, 6) is 0. The van der Waals surface area contributed by atoms with Gasteiger partial charge in [0.05, 0.1) is 22.8 Å². The highest BCUT2D eigenvalue weighted by molar-refractivity contribution is 7.99. The second kappa shape index (κ2) is 9.39. The highest BCUT2D eigenvalue weighted by Crippen LogP contribution is 2.38. The summed E-state index contributed by atoms with van der Waals surface area (Å²) in [4.78, 5) is 1.19. The van der Waals surface area contributed by atoms with E-state index in [1.807, 2.05) is 67.6 Å². The van der Waals surface area contributed by atoms with Gasteiger partial charge >= 0.3 is 0 Å². The first-order chi connectivity index (χ1) is 13.5. The summed E-state index contributed by atoms with van der Waals surface area (Å²) in [6.07, 6.45) is 0. The molecule has 4 nitrogen and oxygen atoms in total. The third-order valence-electron chi connectivity index (χ3n) is 4.33. The molecule has 2 atom stereocenters. The molecule has 0 radical (unpaired) electrons. The van der Waals surface area contributed by atoms with E-state index in [1.54, 1.807) is 24.3 Å². The predicted molar refractivity (Wildman–Crippen MR) is 114 cm³/mol. The number of nitrogens with one attached hydrogen (secondary N) is 1. The number of rotatable bonds is 8. The van der Waals surface area contributed by atoms with Crippen LogP contribution in [0.2, 0.25) is 0 Å². The van der Waals surface area contributed by atoms with Gasteiger partial charge < -0.3 is 5.11 Å². The molecule has 0 saturated carbocycles. The summed E-state index contributed by atoms with van der Waals surface area (Å²) in [6.45, 7) is 1.59. The Morgan fingerprint density at radius 2 is 1.46 bits per heavy atom. The number of hydrogen-bond acceptors (Lipinski definition) is 4. The minimum atomic E-state index is -3.76. The molecule has 0 unspecified atom stereocenters. The van der Waals surface area contributed by atoms with E-state index in [-0.39, 0.29) is 16.8 Å². The number of aryl methyl sites for hydroxylation is 1. The van der Waals surface area contributed by atoms with Crippen molar-refractivity contribution >= 4 is 21.8 Å². The van der Waals surface area contributed by atoms with Crippen molar-refractivity contribution in [2.24, 2.45) is 0 Å². The molecule has 2 N–H and O–H groups in total. The van der Waals surface area contributed by atoms with E-state index in [4.69, 9.17) is 0 Å². The molecule has 0 saturated heterocycles. The second-order valence-electron chi connectivity index (χ2n) is 6.49. The van der Waals surface area contributed by atoms with Gasteiger partial charge in [-0.1, -0.05) is 66.2 Å². The Kier molecular flexibility index (Phi) is 6.91. The fraction of sp³-hybridized carbons (Fsp3) is 0.182. The van der Waals surface area contributed by atoms with Crippen molar-refractivity contribution in [3.63, 3.8) is 0 Å². The number of aliphatic hydroxyl groups excluding tert-OH is 1. The van der Waals surface area contributed by atoms with Gasteiger partial charge in [0.2, 0.25) is 10.0 Å². The van der Waals surface area contributed by atoms with Gasteiger partial charge in [-0.15, -0.1) is 11.8 Å². The summed E-state index contributed by atoms with van der Waals surface area (Å²) in [5, 5.41) is 9.77. The van der Waals surface area contributed by atoms with Gasteiger partial charge in [0.1, 0.15) is 0 Å². The zero-order valence-electron chi connectivity index (χ0n) is 15.5. The quantitative estimate of drug-likeness (QED) is 0.544. The van der Waals surface area contributed by atoms with Crippen LogP contribution in [-0.4, -0.2) is 26.2 Å². The van der Waals surface area contributed by atoms with E-state index in [1.165, 1.54) is 11.8 Å². The van der Waals surface area contributed by atoms with Crippen LogP contribution >= 0.6 is 11.8 Å². The molecule has 0 aliphatic carbocycles. The molecule has 0 fully saturated rings. The highest BCUT2D eigenvalue weighted by Gasteiger charge is 2.28. The molecule has 0 aliphatic heterocycles. The molecule has 0 bridgehead atoms. The Labute approximate surface area is 170 Å². The molecule has 0 aliphatic rings. The molecule has 28 heavy (non-hydrogen) atoms. The number of benzene rings is 3. The predicted octanol–water partition coefficient (Wildman–Crippen LogP) is 4.17. The summed E-state index contributed by atoms with van der Waals surface area (Å²) in [6, 6.07) is 25.4. The molecule has 3 rings (SSSR count). The number of aliphatic hydroxyl groups is 1. The number of thioether (sulfide) groups is 1. The Morgan fingerprint density at radius 3 is 2.04 bits per heavy atom. The van der Waals surface area contributed by atoms with Crippen LogP contribution in [0.1, 0.15) is 16.4 Å². The molecule has 3 aromatic rings. The van der Waals surface area contributed by atoms with Gasteiger partial charge in [0, 0.05) is 4.90 Å². The minimum absolute atomic E-state index is 0.188. The lowest BCUT2D eigenvalue weighted by Gasteiger charge is -2.26. The van der Waals surface area contributed by atoms with Crippen molar-refractivity contribution in [1.29, 1.82) is 0 Å². The highest BCUT2D eigenvalue weighted by atomic mass is 32.2. The standard InChI is InChI=1S/C22H23NO3S2/c1-17-12-14-20(15-13-17)28(25,26)23-21(16-24)22(18-8-4-2-5-9-18)27-19-10-6-3-7-11-19/h2-15,21-24H,16H2,1H3/t21-,22+/m1/s1. The van der Waals surface area contributed by atoms with Gasteiger partial charge in [-0.05, 0) is 36.8 Å². The molecule has 0 amide bonds. The summed E-state index contributed by atoms with van der Waals surface area (Å²) < 4.78 is 28.4. The maximum atomic E-state index is 12.9. The largest absolute Gasteiger partial charge is 0.395 e. The van der Waals surface area contributed by atoms with Gasteiger partial charge in [0.25, 0.3) is 0 Å². The summed E-state index contributed by atoms with van der Waals surface area (Å²) >= 11 is 1.53. The monoisotopic (exact) mass is 413 g/mol. The van der Waals surface area contributed by atoms with Crippen molar-refractivity contribution in [3.05, 3.63) is 96.1 Å². The lowest BCUT2D eigenvalue weighted by Crippen LogP contribution is -2.41. The lowest BCUT2D eigenvalue weighted by molar-refractivity contribution is 0.254. The minimum Gasteiger partial charge on any atom is -0.395 e. The smallest absolute Gasteiger partial charge is 0.240 e. The number of hydrogen-bond donors (Lipinski definition) is 2. The maximum Gasteiger partial charge on any atom is 0.240 e. The van der Waals surface area contributed by atoms with Crippen LogP contribution in [0.15, 0.2) is 94.7 Å².